The molecule has 31 heavy (non-hydrogen) atoms. The summed E-state index contributed by atoms with van der Waals surface area (Å²) >= 11 is 2.06. The zero-order valence-corrected chi connectivity index (χ0v) is 18.9. The third-order valence-electron chi connectivity index (χ3n) is 7.48. The molecule has 0 amide bonds. The normalized spacial score (nSPS) is 19.2. The van der Waals surface area contributed by atoms with Crippen molar-refractivity contribution < 1.29 is 0 Å². The SMILES string of the molecule is c1ccc(-c2sc(C3(N4CCCC4)CCCCC3)cc2-c2ccc3cc[nH]c3c2)cc1. The summed E-state index contributed by atoms with van der Waals surface area (Å²) in [6, 6.07) is 22.6. The molecule has 0 atom stereocenters. The smallest absolute Gasteiger partial charge is 0.0554 e. The molecule has 0 radical (unpaired) electrons. The molecular weight excluding hydrogens is 396 g/mol. The van der Waals surface area contributed by atoms with Gasteiger partial charge in [-0.05, 0) is 73.5 Å². The summed E-state index contributed by atoms with van der Waals surface area (Å²) in [4.78, 5) is 9.26. The molecule has 2 fully saturated rings. The van der Waals surface area contributed by atoms with Crippen LogP contribution in [0.1, 0.15) is 49.8 Å². The fourth-order valence-corrected chi connectivity index (χ4v) is 7.31. The Hall–Kier alpha value is -2.36. The van der Waals surface area contributed by atoms with Gasteiger partial charge < -0.3 is 4.98 Å². The predicted molar refractivity (Wildman–Crippen MR) is 133 cm³/mol. The minimum atomic E-state index is 0.248. The first-order valence-electron chi connectivity index (χ1n) is 11.9. The highest BCUT2D eigenvalue weighted by Crippen LogP contribution is 2.50. The van der Waals surface area contributed by atoms with Crippen molar-refractivity contribution in [2.45, 2.75) is 50.5 Å². The summed E-state index contributed by atoms with van der Waals surface area (Å²) < 4.78 is 0. The number of hydrogen-bond donors (Lipinski definition) is 1. The van der Waals surface area contributed by atoms with Gasteiger partial charge in [0, 0.05) is 27.0 Å². The maximum Gasteiger partial charge on any atom is 0.0554 e. The second kappa shape index (κ2) is 7.96. The van der Waals surface area contributed by atoms with Crippen molar-refractivity contribution in [2.24, 2.45) is 0 Å². The fourth-order valence-electron chi connectivity index (χ4n) is 5.85. The zero-order valence-electron chi connectivity index (χ0n) is 18.1. The third-order valence-corrected chi connectivity index (χ3v) is 8.86. The van der Waals surface area contributed by atoms with Crippen molar-refractivity contribution in [3.8, 4) is 21.6 Å². The molecule has 2 aromatic heterocycles. The van der Waals surface area contributed by atoms with E-state index in [0.717, 1.165) is 0 Å². The largest absolute Gasteiger partial charge is 0.361 e. The van der Waals surface area contributed by atoms with Gasteiger partial charge in [0.1, 0.15) is 0 Å². The van der Waals surface area contributed by atoms with E-state index >= 15 is 0 Å². The van der Waals surface area contributed by atoms with E-state index in [1.165, 1.54) is 90.5 Å². The van der Waals surface area contributed by atoms with Gasteiger partial charge in [-0.1, -0.05) is 61.7 Å². The van der Waals surface area contributed by atoms with Crippen LogP contribution in [-0.2, 0) is 5.54 Å². The Bertz CT molecular complexity index is 1170. The first-order chi connectivity index (χ1) is 15.3. The average molecular weight is 427 g/mol. The van der Waals surface area contributed by atoms with Crippen LogP contribution >= 0.6 is 11.3 Å². The lowest BCUT2D eigenvalue weighted by Crippen LogP contribution is -2.45. The molecule has 6 rings (SSSR count). The summed E-state index contributed by atoms with van der Waals surface area (Å²) in [5.41, 5.74) is 5.52. The summed E-state index contributed by atoms with van der Waals surface area (Å²) in [5.74, 6) is 0. The summed E-state index contributed by atoms with van der Waals surface area (Å²) in [6.45, 7) is 2.53. The summed E-state index contributed by atoms with van der Waals surface area (Å²) in [6.07, 6.45) is 11.5. The number of benzene rings is 2. The summed E-state index contributed by atoms with van der Waals surface area (Å²) in [7, 11) is 0. The van der Waals surface area contributed by atoms with Crippen molar-refractivity contribution in [1.82, 2.24) is 9.88 Å². The second-order valence-corrected chi connectivity index (χ2v) is 10.3. The maximum absolute atomic E-state index is 3.41. The molecule has 3 heterocycles. The molecule has 2 aliphatic rings. The lowest BCUT2D eigenvalue weighted by Gasteiger charge is -2.44. The Labute approximate surface area is 188 Å². The first-order valence-corrected chi connectivity index (χ1v) is 12.7. The molecule has 0 spiro atoms. The van der Waals surface area contributed by atoms with E-state index in [1.807, 2.05) is 6.20 Å². The maximum atomic E-state index is 3.41. The van der Waals surface area contributed by atoms with Crippen molar-refractivity contribution in [1.29, 1.82) is 0 Å². The molecule has 0 unspecified atom stereocenters. The van der Waals surface area contributed by atoms with Gasteiger partial charge in [0.25, 0.3) is 0 Å². The molecule has 1 N–H and O–H groups in total. The molecule has 1 saturated heterocycles. The van der Waals surface area contributed by atoms with Crippen LogP contribution < -0.4 is 0 Å². The topological polar surface area (TPSA) is 19.0 Å². The highest BCUT2D eigenvalue weighted by Gasteiger charge is 2.42. The van der Waals surface area contributed by atoms with E-state index in [0.29, 0.717) is 0 Å². The van der Waals surface area contributed by atoms with Gasteiger partial charge in [0.15, 0.2) is 0 Å². The van der Waals surface area contributed by atoms with Gasteiger partial charge in [0.05, 0.1) is 5.54 Å². The summed E-state index contributed by atoms with van der Waals surface area (Å²) in [5, 5.41) is 1.28. The van der Waals surface area contributed by atoms with Crippen LogP contribution in [0.25, 0.3) is 32.5 Å². The molecule has 2 aromatic carbocycles. The number of aromatic amines is 1. The first kappa shape index (κ1) is 19.3. The quantitative estimate of drug-likeness (QED) is 0.352. The Kier molecular flexibility index (Phi) is 4.96. The standard InChI is InChI=1S/C28H30N2S/c1-3-9-22(10-4-1)27-24(23-12-11-21-13-16-29-25(21)19-23)20-26(31-27)28(14-5-2-6-15-28)30-17-7-8-18-30/h1,3-4,9-13,16,19-20,29H,2,5-8,14-15,17-18H2. The molecule has 0 bridgehead atoms. The van der Waals surface area contributed by atoms with Gasteiger partial charge in [0.2, 0.25) is 0 Å². The van der Waals surface area contributed by atoms with Crippen molar-refractivity contribution in [2.75, 3.05) is 13.1 Å². The molecule has 158 valence electrons. The van der Waals surface area contributed by atoms with Crippen LogP contribution in [0.15, 0.2) is 66.9 Å². The molecule has 2 nitrogen and oxygen atoms in total. The number of likely N-dealkylation sites (tertiary alicyclic amines) is 1. The van der Waals surface area contributed by atoms with Crippen LogP contribution in [0.4, 0.5) is 0 Å². The second-order valence-electron chi connectivity index (χ2n) is 9.29. The van der Waals surface area contributed by atoms with E-state index in [1.54, 1.807) is 4.88 Å². The number of nitrogens with one attached hydrogen (secondary N) is 1. The van der Waals surface area contributed by atoms with Crippen LogP contribution in [-0.4, -0.2) is 23.0 Å². The number of aromatic nitrogens is 1. The van der Waals surface area contributed by atoms with Gasteiger partial charge >= 0.3 is 0 Å². The molecule has 4 aromatic rings. The molecular formula is C28H30N2S. The number of thiophene rings is 1. The van der Waals surface area contributed by atoms with Crippen LogP contribution in [0, 0.1) is 0 Å². The van der Waals surface area contributed by atoms with E-state index in [-0.39, 0.29) is 5.54 Å². The van der Waals surface area contributed by atoms with E-state index in [4.69, 9.17) is 0 Å². The van der Waals surface area contributed by atoms with Gasteiger partial charge in [-0.25, -0.2) is 0 Å². The van der Waals surface area contributed by atoms with E-state index < -0.39 is 0 Å². The fraction of sp³-hybridized carbons (Fsp3) is 0.357. The Morgan fingerprint density at radius 1 is 0.774 bits per heavy atom. The highest BCUT2D eigenvalue weighted by molar-refractivity contribution is 7.16. The average Bonchev–Trinajstić information content (AvgIpc) is 3.60. The minimum absolute atomic E-state index is 0.248. The Morgan fingerprint density at radius 2 is 1.58 bits per heavy atom. The van der Waals surface area contributed by atoms with Crippen molar-refractivity contribution >= 4 is 22.2 Å². The van der Waals surface area contributed by atoms with E-state index in [2.05, 4.69) is 81.9 Å². The highest BCUT2D eigenvalue weighted by atomic mass is 32.1. The number of rotatable bonds is 4. The Balaban J connectivity index is 1.53. The van der Waals surface area contributed by atoms with Crippen LogP contribution in [0.2, 0.25) is 0 Å². The van der Waals surface area contributed by atoms with Gasteiger partial charge in [-0.3, -0.25) is 4.90 Å². The monoisotopic (exact) mass is 426 g/mol. The predicted octanol–water partition coefficient (Wildman–Crippen LogP) is 7.82. The van der Waals surface area contributed by atoms with Crippen molar-refractivity contribution in [3.63, 3.8) is 0 Å². The third kappa shape index (κ3) is 3.35. The number of nitrogens with zero attached hydrogens (tertiary/aromatic N) is 1. The molecule has 3 heteroatoms. The van der Waals surface area contributed by atoms with E-state index in [9.17, 15) is 0 Å². The number of hydrogen-bond acceptors (Lipinski definition) is 2. The number of fused-ring (bicyclic) bond motifs is 1. The lowest BCUT2D eigenvalue weighted by molar-refractivity contribution is 0.0741. The van der Waals surface area contributed by atoms with Crippen LogP contribution in [0.5, 0.6) is 0 Å². The lowest BCUT2D eigenvalue weighted by atomic mass is 9.79. The van der Waals surface area contributed by atoms with Crippen molar-refractivity contribution in [3.05, 3.63) is 71.7 Å². The zero-order chi connectivity index (χ0) is 20.7. The Morgan fingerprint density at radius 3 is 2.39 bits per heavy atom. The molecule has 1 aliphatic carbocycles. The van der Waals surface area contributed by atoms with Gasteiger partial charge in [-0.2, -0.15) is 0 Å². The molecule has 1 aliphatic heterocycles. The minimum Gasteiger partial charge on any atom is -0.361 e. The van der Waals surface area contributed by atoms with Crippen LogP contribution in [0.3, 0.4) is 0 Å². The molecule has 1 saturated carbocycles. The van der Waals surface area contributed by atoms with Gasteiger partial charge in [-0.15, -0.1) is 11.3 Å². The number of H-pyrrole nitrogens is 1.